The number of carbonyl (C=O) groups excluding carboxylic acids is 1. The van der Waals surface area contributed by atoms with E-state index in [0.29, 0.717) is 6.42 Å². The average molecular weight is 283 g/mol. The molecule has 0 atom stereocenters. The van der Waals surface area contributed by atoms with Crippen LogP contribution in [0.2, 0.25) is 0 Å². The van der Waals surface area contributed by atoms with Crippen LogP contribution in [0.5, 0.6) is 0 Å². The summed E-state index contributed by atoms with van der Waals surface area (Å²) in [5.41, 5.74) is 0. The fraction of sp³-hybridized carbons (Fsp3) is 0.750. The summed E-state index contributed by atoms with van der Waals surface area (Å²) >= 11 is 0. The maximum Gasteiger partial charge on any atom is 1.00 e. The number of hydrogen-bond donors (Lipinski definition) is 0. The smallest absolute Gasteiger partial charge is 0.656 e. The summed E-state index contributed by atoms with van der Waals surface area (Å²) < 4.78 is 0. The average Bonchev–Trinajstić information content (AvgIpc) is 1.65. The molecular weight excluding hydrogens is 275 g/mol. The standard InChI is InChI=1S/C4H9NO.Au/c1-3-4(6)5-2;/h3H2,1-2H3,(H,5,6);/q;+1/p-1. The molecule has 0 unspecified atom stereocenters. The van der Waals surface area contributed by atoms with E-state index in [1.165, 1.54) is 7.05 Å². The molecule has 3 heteroatoms. The molecule has 0 aromatic rings. The number of rotatable bonds is 1. The van der Waals surface area contributed by atoms with Gasteiger partial charge in [-0.1, -0.05) is 6.92 Å². The Hall–Kier alpha value is 0.210. The second-order valence-electron chi connectivity index (χ2n) is 0.971. The van der Waals surface area contributed by atoms with Crippen LogP contribution in [0.4, 0.5) is 0 Å². The molecule has 0 bridgehead atoms. The Bertz CT molecular complexity index is 49.7. The monoisotopic (exact) mass is 283 g/mol. The van der Waals surface area contributed by atoms with Crippen molar-refractivity contribution < 1.29 is 27.2 Å². The van der Waals surface area contributed by atoms with Crippen molar-refractivity contribution in [2.24, 2.45) is 0 Å². The molecule has 2 nitrogen and oxygen atoms in total. The van der Waals surface area contributed by atoms with E-state index in [-0.39, 0.29) is 28.3 Å². The Morgan fingerprint density at radius 1 is 1.71 bits per heavy atom. The summed E-state index contributed by atoms with van der Waals surface area (Å²) in [6, 6.07) is 0. The summed E-state index contributed by atoms with van der Waals surface area (Å²) in [7, 11) is 1.51. The van der Waals surface area contributed by atoms with Crippen molar-refractivity contribution >= 4 is 5.91 Å². The molecule has 0 heterocycles. The third-order valence-corrected chi connectivity index (χ3v) is 0.552. The van der Waals surface area contributed by atoms with Gasteiger partial charge in [-0.25, -0.2) is 0 Å². The second-order valence-corrected chi connectivity index (χ2v) is 0.971. The Balaban J connectivity index is 0. The third-order valence-electron chi connectivity index (χ3n) is 0.552. The molecule has 0 aliphatic rings. The van der Waals surface area contributed by atoms with Crippen LogP contribution in [0.15, 0.2) is 0 Å². The van der Waals surface area contributed by atoms with E-state index in [1.807, 2.05) is 0 Å². The van der Waals surface area contributed by atoms with Crippen molar-refractivity contribution in [3.05, 3.63) is 5.32 Å². The summed E-state index contributed by atoms with van der Waals surface area (Å²) in [6.07, 6.45) is 0.524. The van der Waals surface area contributed by atoms with Gasteiger partial charge in [-0.2, -0.15) is 0 Å². The minimum Gasteiger partial charge on any atom is -0.656 e. The topological polar surface area (TPSA) is 31.2 Å². The minimum absolute atomic E-state index is 0. The zero-order valence-corrected chi connectivity index (χ0v) is 6.53. The van der Waals surface area contributed by atoms with Crippen molar-refractivity contribution in [3.63, 3.8) is 0 Å². The number of hydrogen-bond acceptors (Lipinski definition) is 1. The molecule has 0 fully saturated rings. The molecule has 1 amide bonds. The molecule has 0 saturated carbocycles. The van der Waals surface area contributed by atoms with Crippen molar-refractivity contribution in [1.29, 1.82) is 0 Å². The fourth-order valence-electron chi connectivity index (χ4n) is 0.158. The maximum atomic E-state index is 10.0. The molecule has 0 radical (unpaired) electrons. The number of nitrogens with zero attached hydrogens (tertiary/aromatic N) is 1. The van der Waals surface area contributed by atoms with Crippen LogP contribution in [0.1, 0.15) is 13.3 Å². The number of carbonyl (C=O) groups is 1. The predicted molar refractivity (Wildman–Crippen MR) is 24.6 cm³/mol. The molecule has 0 aliphatic carbocycles. The molecule has 0 aromatic carbocycles. The Morgan fingerprint density at radius 3 is 2.14 bits per heavy atom. The van der Waals surface area contributed by atoms with Gasteiger partial charge in [0.05, 0.1) is 5.91 Å². The van der Waals surface area contributed by atoms with Crippen LogP contribution in [0.25, 0.3) is 5.32 Å². The maximum absolute atomic E-state index is 10.0. The van der Waals surface area contributed by atoms with Gasteiger partial charge in [-0.05, 0) is 6.42 Å². The minimum atomic E-state index is -0.0324. The molecule has 0 N–H and O–H groups in total. The Kier molecular flexibility index (Phi) is 9.09. The third kappa shape index (κ3) is 6.21. The van der Waals surface area contributed by atoms with Gasteiger partial charge >= 0.3 is 22.4 Å². The van der Waals surface area contributed by atoms with E-state index in [9.17, 15) is 4.79 Å². The second kappa shape index (κ2) is 6.21. The van der Waals surface area contributed by atoms with E-state index in [2.05, 4.69) is 5.32 Å². The van der Waals surface area contributed by atoms with E-state index in [0.717, 1.165) is 0 Å². The van der Waals surface area contributed by atoms with Crippen LogP contribution < -0.4 is 0 Å². The van der Waals surface area contributed by atoms with Gasteiger partial charge in [-0.15, -0.1) is 7.05 Å². The van der Waals surface area contributed by atoms with Crippen LogP contribution in [0, 0.1) is 0 Å². The molecule has 0 aromatic heterocycles. The number of amides is 1. The van der Waals surface area contributed by atoms with Crippen LogP contribution in [-0.2, 0) is 27.2 Å². The first-order valence-electron chi connectivity index (χ1n) is 1.94. The van der Waals surface area contributed by atoms with Crippen molar-refractivity contribution in [3.8, 4) is 0 Å². The van der Waals surface area contributed by atoms with E-state index >= 15 is 0 Å². The Labute approximate surface area is 59.2 Å². The largest absolute Gasteiger partial charge is 1.00 e. The first kappa shape index (κ1) is 10.2. The predicted octanol–water partition coefficient (Wildman–Crippen LogP) is 0.924. The Morgan fingerprint density at radius 2 is 2.14 bits per heavy atom. The van der Waals surface area contributed by atoms with Crippen LogP contribution >= 0.6 is 0 Å². The summed E-state index contributed by atoms with van der Waals surface area (Å²) in [6.45, 7) is 1.79. The van der Waals surface area contributed by atoms with Gasteiger partial charge in [0.2, 0.25) is 0 Å². The SMILES string of the molecule is CCC(=O)[N-]C.[Au+]. The molecule has 0 saturated heterocycles. The zero-order chi connectivity index (χ0) is 4.99. The van der Waals surface area contributed by atoms with Crippen LogP contribution in [0.3, 0.4) is 0 Å². The normalized spacial score (nSPS) is 6.57. The fourth-order valence-corrected chi connectivity index (χ4v) is 0.158. The molecule has 46 valence electrons. The van der Waals surface area contributed by atoms with Crippen molar-refractivity contribution in [2.75, 3.05) is 7.05 Å². The van der Waals surface area contributed by atoms with Gasteiger partial charge in [-0.3, -0.25) is 0 Å². The zero-order valence-electron chi connectivity index (χ0n) is 4.36. The van der Waals surface area contributed by atoms with Gasteiger partial charge in [0, 0.05) is 0 Å². The van der Waals surface area contributed by atoms with Gasteiger partial charge in [0.25, 0.3) is 0 Å². The molecule has 0 spiro atoms. The van der Waals surface area contributed by atoms with Crippen molar-refractivity contribution in [2.45, 2.75) is 13.3 Å². The first-order valence-corrected chi connectivity index (χ1v) is 1.94. The quantitative estimate of drug-likeness (QED) is 0.658. The molecule has 0 rings (SSSR count). The van der Waals surface area contributed by atoms with Gasteiger partial charge in [0.1, 0.15) is 0 Å². The van der Waals surface area contributed by atoms with Crippen molar-refractivity contribution in [1.82, 2.24) is 0 Å². The van der Waals surface area contributed by atoms with E-state index < -0.39 is 0 Å². The molecular formula is C4H8AuNO. The summed E-state index contributed by atoms with van der Waals surface area (Å²) in [4.78, 5) is 10.0. The summed E-state index contributed by atoms with van der Waals surface area (Å²) in [5, 5.41) is 3.37. The first-order chi connectivity index (χ1) is 2.81. The molecule has 0 aliphatic heterocycles. The van der Waals surface area contributed by atoms with Crippen LogP contribution in [-0.4, -0.2) is 13.0 Å². The molecule has 7 heavy (non-hydrogen) atoms. The van der Waals surface area contributed by atoms with E-state index in [1.54, 1.807) is 6.92 Å². The van der Waals surface area contributed by atoms with E-state index in [4.69, 9.17) is 0 Å². The van der Waals surface area contributed by atoms with Gasteiger partial charge in [0.15, 0.2) is 0 Å². The van der Waals surface area contributed by atoms with Gasteiger partial charge < -0.3 is 10.1 Å². The summed E-state index contributed by atoms with van der Waals surface area (Å²) in [5.74, 6) is -0.0324.